The molecule has 3 N–H and O–H groups in total. The number of hydrogen-bond acceptors (Lipinski definition) is 4. The molecule has 0 atom stereocenters. The first-order chi connectivity index (χ1) is 10.3. The molecule has 0 aliphatic rings. The van der Waals surface area contributed by atoms with Crippen LogP contribution in [0.5, 0.6) is 0 Å². The Balaban J connectivity index is 2.22. The molecule has 0 fully saturated rings. The maximum Gasteiger partial charge on any atom is 0.390 e. The fraction of sp³-hybridized carbons (Fsp3) is 0.583. The fourth-order valence-corrected chi connectivity index (χ4v) is 2.22. The number of rotatable bonds is 6. The lowest BCUT2D eigenvalue weighted by Crippen LogP contribution is -2.42. The zero-order chi connectivity index (χ0) is 16.6. The highest BCUT2D eigenvalue weighted by atomic mass is 32.1. The number of carbonyl (C=O) groups excluding carboxylic acids is 1. The Labute approximate surface area is 130 Å². The molecule has 1 aromatic heterocycles. The minimum Gasteiger partial charge on any atom is -0.356 e. The van der Waals surface area contributed by atoms with Crippen molar-refractivity contribution in [1.29, 1.82) is 0 Å². The van der Waals surface area contributed by atoms with E-state index in [1.807, 2.05) is 0 Å². The summed E-state index contributed by atoms with van der Waals surface area (Å²) in [6.07, 6.45) is -5.14. The minimum absolute atomic E-state index is 0.221. The maximum atomic E-state index is 12.0. The van der Waals surface area contributed by atoms with Crippen molar-refractivity contribution in [1.82, 2.24) is 20.9 Å². The van der Waals surface area contributed by atoms with Gasteiger partial charge in [-0.3, -0.25) is 9.79 Å². The summed E-state index contributed by atoms with van der Waals surface area (Å²) >= 11 is 1.25. The summed E-state index contributed by atoms with van der Waals surface area (Å²) in [5, 5.41) is 8.06. The van der Waals surface area contributed by atoms with Gasteiger partial charge < -0.3 is 16.0 Å². The maximum absolute atomic E-state index is 12.0. The Bertz CT molecular complexity index is 515. The smallest absolute Gasteiger partial charge is 0.356 e. The molecule has 1 amide bonds. The van der Waals surface area contributed by atoms with Crippen LogP contribution >= 0.6 is 11.3 Å². The van der Waals surface area contributed by atoms with Gasteiger partial charge >= 0.3 is 6.18 Å². The lowest BCUT2D eigenvalue weighted by molar-refractivity contribution is -0.132. The Morgan fingerprint density at radius 3 is 2.45 bits per heavy atom. The summed E-state index contributed by atoms with van der Waals surface area (Å²) in [5.41, 5.74) is 2.26. The second kappa shape index (κ2) is 8.57. The Kier molecular flexibility index (Phi) is 7.09. The molecule has 0 bridgehead atoms. The van der Waals surface area contributed by atoms with Gasteiger partial charge in [-0.05, 0) is 6.92 Å². The van der Waals surface area contributed by atoms with E-state index in [1.165, 1.54) is 18.4 Å². The molecule has 10 heteroatoms. The van der Waals surface area contributed by atoms with E-state index in [-0.39, 0.29) is 18.4 Å². The van der Waals surface area contributed by atoms with Crippen LogP contribution in [0.1, 0.15) is 21.8 Å². The first-order valence-electron chi connectivity index (χ1n) is 6.53. The van der Waals surface area contributed by atoms with Crippen LogP contribution in [0.15, 0.2) is 10.5 Å². The van der Waals surface area contributed by atoms with Crippen LogP contribution in [0.4, 0.5) is 13.2 Å². The van der Waals surface area contributed by atoms with Crippen LogP contribution in [0.3, 0.4) is 0 Å². The van der Waals surface area contributed by atoms with E-state index in [4.69, 9.17) is 0 Å². The highest BCUT2D eigenvalue weighted by Crippen LogP contribution is 2.18. The zero-order valence-corrected chi connectivity index (χ0v) is 13.1. The van der Waals surface area contributed by atoms with Crippen LogP contribution in [0, 0.1) is 6.92 Å². The van der Waals surface area contributed by atoms with E-state index in [2.05, 4.69) is 25.9 Å². The van der Waals surface area contributed by atoms with Crippen LogP contribution in [-0.4, -0.2) is 49.7 Å². The van der Waals surface area contributed by atoms with E-state index >= 15 is 0 Å². The van der Waals surface area contributed by atoms with Gasteiger partial charge in [-0.1, -0.05) is 0 Å². The van der Waals surface area contributed by atoms with Gasteiger partial charge in [0.15, 0.2) is 5.96 Å². The number of amides is 1. The number of alkyl halides is 3. The zero-order valence-electron chi connectivity index (χ0n) is 12.3. The molecule has 0 aliphatic carbocycles. The molecule has 22 heavy (non-hydrogen) atoms. The average Bonchev–Trinajstić information content (AvgIpc) is 2.86. The molecule has 0 radical (unpaired) electrons. The van der Waals surface area contributed by atoms with Crippen LogP contribution in [0.2, 0.25) is 0 Å². The molecular formula is C12H18F3N5OS. The summed E-state index contributed by atoms with van der Waals surface area (Å²) in [6.45, 7) is 2.15. The molecule has 1 rings (SSSR count). The minimum atomic E-state index is -4.20. The monoisotopic (exact) mass is 337 g/mol. The number of hydrogen-bond donors (Lipinski definition) is 3. The van der Waals surface area contributed by atoms with Crippen molar-refractivity contribution >= 4 is 23.2 Å². The Morgan fingerprint density at radius 2 is 1.91 bits per heavy atom. The number of aryl methyl sites for hydroxylation is 1. The van der Waals surface area contributed by atoms with Gasteiger partial charge in [0.05, 0.1) is 17.6 Å². The Hall–Kier alpha value is -1.84. The molecule has 6 nitrogen and oxygen atoms in total. The van der Waals surface area contributed by atoms with E-state index < -0.39 is 12.6 Å². The van der Waals surface area contributed by atoms with Crippen molar-refractivity contribution in [3.8, 4) is 0 Å². The quantitative estimate of drug-likeness (QED) is 0.415. The number of thiazole rings is 1. The summed E-state index contributed by atoms with van der Waals surface area (Å²) in [6, 6.07) is 0. The molecule has 0 spiro atoms. The summed E-state index contributed by atoms with van der Waals surface area (Å²) in [5.74, 6) is 0.0364. The fourth-order valence-electron chi connectivity index (χ4n) is 1.50. The van der Waals surface area contributed by atoms with Gasteiger partial charge in [-0.15, -0.1) is 11.3 Å². The van der Waals surface area contributed by atoms with E-state index in [0.717, 1.165) is 0 Å². The number of halogens is 3. The molecular weight excluding hydrogens is 319 g/mol. The number of aromatic nitrogens is 1. The topological polar surface area (TPSA) is 78.4 Å². The van der Waals surface area contributed by atoms with E-state index in [0.29, 0.717) is 23.7 Å². The highest BCUT2D eigenvalue weighted by Gasteiger charge is 2.26. The Morgan fingerprint density at radius 1 is 1.27 bits per heavy atom. The number of aliphatic imine (C=N–C) groups is 1. The highest BCUT2D eigenvalue weighted by molar-refractivity contribution is 7.11. The van der Waals surface area contributed by atoms with Crippen molar-refractivity contribution in [3.63, 3.8) is 0 Å². The van der Waals surface area contributed by atoms with Crippen molar-refractivity contribution in [2.75, 3.05) is 26.7 Å². The van der Waals surface area contributed by atoms with Gasteiger partial charge in [-0.25, -0.2) is 4.98 Å². The van der Waals surface area contributed by atoms with Crippen molar-refractivity contribution < 1.29 is 18.0 Å². The number of nitrogens with one attached hydrogen (secondary N) is 3. The normalized spacial score (nSPS) is 12.1. The molecule has 0 unspecified atom stereocenters. The van der Waals surface area contributed by atoms with Gasteiger partial charge in [0, 0.05) is 26.7 Å². The van der Waals surface area contributed by atoms with Gasteiger partial charge in [-0.2, -0.15) is 13.2 Å². The lowest BCUT2D eigenvalue weighted by Gasteiger charge is -2.13. The van der Waals surface area contributed by atoms with E-state index in [1.54, 1.807) is 12.4 Å². The largest absolute Gasteiger partial charge is 0.390 e. The second-order valence-corrected chi connectivity index (χ2v) is 5.17. The van der Waals surface area contributed by atoms with Crippen LogP contribution < -0.4 is 16.0 Å². The van der Waals surface area contributed by atoms with Gasteiger partial charge in [0.25, 0.3) is 5.91 Å². The van der Waals surface area contributed by atoms with Gasteiger partial charge in [0.1, 0.15) is 4.88 Å². The second-order valence-electron chi connectivity index (χ2n) is 4.31. The number of carbonyl (C=O) groups is 1. The predicted octanol–water partition coefficient (Wildman–Crippen LogP) is 1.30. The molecule has 124 valence electrons. The third kappa shape index (κ3) is 6.74. The molecule has 1 aromatic rings. The average molecular weight is 337 g/mol. The predicted molar refractivity (Wildman–Crippen MR) is 79.2 cm³/mol. The van der Waals surface area contributed by atoms with Crippen LogP contribution in [0.25, 0.3) is 0 Å². The molecule has 0 aliphatic heterocycles. The van der Waals surface area contributed by atoms with Crippen molar-refractivity contribution in [2.24, 2.45) is 4.99 Å². The first-order valence-corrected chi connectivity index (χ1v) is 7.41. The SMILES string of the molecule is CN=C(NCCNC(=O)c1scnc1C)NCCC(F)(F)F. The molecule has 0 aromatic carbocycles. The van der Waals surface area contributed by atoms with E-state index in [9.17, 15) is 18.0 Å². The van der Waals surface area contributed by atoms with Crippen LogP contribution in [-0.2, 0) is 0 Å². The number of guanidine groups is 1. The van der Waals surface area contributed by atoms with Crippen molar-refractivity contribution in [2.45, 2.75) is 19.5 Å². The summed E-state index contributed by atoms with van der Waals surface area (Å²) < 4.78 is 36.1. The first kappa shape index (κ1) is 18.2. The van der Waals surface area contributed by atoms with Gasteiger partial charge in [0.2, 0.25) is 0 Å². The molecule has 0 saturated heterocycles. The third-order valence-electron chi connectivity index (χ3n) is 2.58. The molecule has 1 heterocycles. The number of nitrogens with zero attached hydrogens (tertiary/aromatic N) is 2. The van der Waals surface area contributed by atoms with Crippen molar-refractivity contribution in [3.05, 3.63) is 16.1 Å². The summed E-state index contributed by atoms with van der Waals surface area (Å²) in [4.78, 5) is 20.1. The summed E-state index contributed by atoms with van der Waals surface area (Å²) in [7, 11) is 1.46. The lowest BCUT2D eigenvalue weighted by atomic mass is 10.4. The molecule has 0 saturated carbocycles. The third-order valence-corrected chi connectivity index (χ3v) is 3.51. The standard InChI is InChI=1S/C12H18F3N5OS/c1-8-9(22-7-20-8)10(21)17-5-6-19-11(16-2)18-4-3-12(13,14)15/h7H,3-6H2,1-2H3,(H,17,21)(H2,16,18,19).